The van der Waals surface area contributed by atoms with Gasteiger partial charge in [-0.2, -0.15) is 5.26 Å². The second-order valence-corrected chi connectivity index (χ2v) is 7.38. The normalized spacial score (nSPS) is 11.8. The Morgan fingerprint density at radius 3 is 2.21 bits per heavy atom. The van der Waals surface area contributed by atoms with Crippen LogP contribution < -0.4 is 10.1 Å². The third-order valence-corrected chi connectivity index (χ3v) is 4.01. The third kappa shape index (κ3) is 6.13. The van der Waals surface area contributed by atoms with Gasteiger partial charge in [-0.25, -0.2) is 4.79 Å². The van der Waals surface area contributed by atoms with Crippen molar-refractivity contribution < 1.29 is 19.1 Å². The summed E-state index contributed by atoms with van der Waals surface area (Å²) < 4.78 is 10.6. The minimum atomic E-state index is -0.844. The Bertz CT molecular complexity index is 859. The fourth-order valence-electron chi connectivity index (χ4n) is 2.36. The lowest BCUT2D eigenvalue weighted by atomic mass is 9.87. The standard InChI is InChI=1S/C22H24N2O4/c1-15(28-19-11-7-17(8-12-19)22(2,3)4)21(26)27-14-20(25)24-18-9-5-16(13-23)6-10-18/h5-12,15H,14H2,1-4H3,(H,24,25)/t15-/m1/s1. The van der Waals surface area contributed by atoms with E-state index in [4.69, 9.17) is 14.7 Å². The van der Waals surface area contributed by atoms with Gasteiger partial charge in [-0.1, -0.05) is 32.9 Å². The molecule has 0 aliphatic carbocycles. The van der Waals surface area contributed by atoms with Crippen LogP contribution in [0, 0.1) is 11.3 Å². The molecular weight excluding hydrogens is 356 g/mol. The van der Waals surface area contributed by atoms with E-state index in [0.717, 1.165) is 5.56 Å². The van der Waals surface area contributed by atoms with Crippen LogP contribution in [-0.2, 0) is 19.7 Å². The summed E-state index contributed by atoms with van der Waals surface area (Å²) in [6.45, 7) is 7.50. The number of esters is 1. The molecular formula is C22H24N2O4. The van der Waals surface area contributed by atoms with Gasteiger partial charge in [-0.3, -0.25) is 4.79 Å². The van der Waals surface area contributed by atoms with E-state index in [2.05, 4.69) is 26.1 Å². The van der Waals surface area contributed by atoms with Gasteiger partial charge < -0.3 is 14.8 Å². The summed E-state index contributed by atoms with van der Waals surface area (Å²) in [6.07, 6.45) is -0.844. The number of anilines is 1. The number of amides is 1. The molecule has 0 saturated carbocycles. The molecule has 0 aliphatic heterocycles. The van der Waals surface area contributed by atoms with Crippen molar-refractivity contribution in [1.82, 2.24) is 0 Å². The third-order valence-electron chi connectivity index (χ3n) is 4.01. The lowest BCUT2D eigenvalue weighted by Gasteiger charge is -2.20. The van der Waals surface area contributed by atoms with Crippen molar-refractivity contribution in [2.24, 2.45) is 0 Å². The molecule has 0 fully saturated rings. The lowest BCUT2D eigenvalue weighted by molar-refractivity contribution is -0.153. The molecule has 0 spiro atoms. The topological polar surface area (TPSA) is 88.4 Å². The first kappa shape index (κ1) is 21.0. The van der Waals surface area contributed by atoms with Gasteiger partial charge in [-0.05, 0) is 54.3 Å². The molecule has 1 atom stereocenters. The molecule has 0 unspecified atom stereocenters. The van der Waals surface area contributed by atoms with E-state index in [1.54, 1.807) is 31.2 Å². The quantitative estimate of drug-likeness (QED) is 0.770. The zero-order valence-corrected chi connectivity index (χ0v) is 16.5. The maximum atomic E-state index is 12.1. The summed E-state index contributed by atoms with van der Waals surface area (Å²) in [6, 6.07) is 15.9. The van der Waals surface area contributed by atoms with Crippen LogP contribution in [0.4, 0.5) is 5.69 Å². The predicted octanol–water partition coefficient (Wildman–Crippen LogP) is 3.80. The lowest BCUT2D eigenvalue weighted by Crippen LogP contribution is -2.29. The average Bonchev–Trinajstić information content (AvgIpc) is 2.66. The summed E-state index contributed by atoms with van der Waals surface area (Å²) in [5.74, 6) is -0.547. The van der Waals surface area contributed by atoms with E-state index >= 15 is 0 Å². The fourth-order valence-corrected chi connectivity index (χ4v) is 2.36. The number of benzene rings is 2. The van der Waals surface area contributed by atoms with Gasteiger partial charge in [0.1, 0.15) is 5.75 Å². The van der Waals surface area contributed by atoms with Crippen LogP contribution in [0.2, 0.25) is 0 Å². The van der Waals surface area contributed by atoms with E-state index in [-0.39, 0.29) is 5.41 Å². The maximum Gasteiger partial charge on any atom is 0.347 e. The number of carbonyl (C=O) groups excluding carboxylic acids is 2. The van der Waals surface area contributed by atoms with Crippen LogP contribution in [0.25, 0.3) is 0 Å². The molecule has 2 aromatic carbocycles. The highest BCUT2D eigenvalue weighted by Crippen LogP contribution is 2.24. The number of nitrogens with zero attached hydrogens (tertiary/aromatic N) is 1. The van der Waals surface area contributed by atoms with Crippen molar-refractivity contribution >= 4 is 17.6 Å². The van der Waals surface area contributed by atoms with Crippen molar-refractivity contribution in [3.63, 3.8) is 0 Å². The molecule has 146 valence electrons. The minimum Gasteiger partial charge on any atom is -0.479 e. The van der Waals surface area contributed by atoms with Crippen LogP contribution in [-0.4, -0.2) is 24.6 Å². The van der Waals surface area contributed by atoms with E-state index in [0.29, 0.717) is 17.0 Å². The highest BCUT2D eigenvalue weighted by Gasteiger charge is 2.19. The van der Waals surface area contributed by atoms with E-state index < -0.39 is 24.6 Å². The number of nitrogens with one attached hydrogen (secondary N) is 1. The van der Waals surface area contributed by atoms with Gasteiger partial charge in [-0.15, -0.1) is 0 Å². The first-order chi connectivity index (χ1) is 13.2. The molecule has 0 aliphatic rings. The Kier molecular flexibility index (Phi) is 6.78. The molecule has 1 amide bonds. The Hall–Kier alpha value is -3.33. The Morgan fingerprint density at radius 2 is 1.68 bits per heavy atom. The number of rotatable bonds is 6. The maximum absolute atomic E-state index is 12.1. The van der Waals surface area contributed by atoms with Crippen LogP contribution in [0.15, 0.2) is 48.5 Å². The van der Waals surface area contributed by atoms with Crippen molar-refractivity contribution in [3.8, 4) is 11.8 Å². The Morgan fingerprint density at radius 1 is 1.07 bits per heavy atom. The average molecular weight is 380 g/mol. The number of hydrogen-bond donors (Lipinski definition) is 1. The van der Waals surface area contributed by atoms with Gasteiger partial charge in [0, 0.05) is 5.69 Å². The summed E-state index contributed by atoms with van der Waals surface area (Å²) in [5, 5.41) is 11.3. The summed E-state index contributed by atoms with van der Waals surface area (Å²) in [5.41, 5.74) is 2.20. The van der Waals surface area contributed by atoms with E-state index in [1.807, 2.05) is 30.3 Å². The molecule has 0 heterocycles. The molecule has 2 aromatic rings. The number of nitriles is 1. The zero-order chi connectivity index (χ0) is 20.7. The molecule has 28 heavy (non-hydrogen) atoms. The molecule has 0 bridgehead atoms. The SMILES string of the molecule is C[C@@H](Oc1ccc(C(C)(C)C)cc1)C(=O)OCC(=O)Nc1ccc(C#N)cc1. The smallest absolute Gasteiger partial charge is 0.347 e. The molecule has 0 saturated heterocycles. The summed E-state index contributed by atoms with van der Waals surface area (Å²) in [4.78, 5) is 23.9. The van der Waals surface area contributed by atoms with Crippen LogP contribution in [0.1, 0.15) is 38.8 Å². The monoisotopic (exact) mass is 380 g/mol. The number of ether oxygens (including phenoxy) is 2. The number of hydrogen-bond acceptors (Lipinski definition) is 5. The molecule has 2 rings (SSSR count). The predicted molar refractivity (Wildman–Crippen MR) is 106 cm³/mol. The fraction of sp³-hybridized carbons (Fsp3) is 0.318. The first-order valence-electron chi connectivity index (χ1n) is 8.93. The Balaban J connectivity index is 1.81. The van der Waals surface area contributed by atoms with Gasteiger partial charge >= 0.3 is 5.97 Å². The van der Waals surface area contributed by atoms with Gasteiger partial charge in [0.25, 0.3) is 5.91 Å². The molecule has 1 N–H and O–H groups in total. The Labute approximate surface area is 165 Å². The van der Waals surface area contributed by atoms with Gasteiger partial charge in [0.05, 0.1) is 11.6 Å². The summed E-state index contributed by atoms with van der Waals surface area (Å²) in [7, 11) is 0. The number of carbonyl (C=O) groups is 2. The van der Waals surface area contributed by atoms with Crippen molar-refractivity contribution in [2.45, 2.75) is 39.2 Å². The molecule has 6 nitrogen and oxygen atoms in total. The highest BCUT2D eigenvalue weighted by molar-refractivity contribution is 5.93. The molecule has 0 radical (unpaired) electrons. The highest BCUT2D eigenvalue weighted by atomic mass is 16.6. The van der Waals surface area contributed by atoms with Crippen LogP contribution in [0.3, 0.4) is 0 Å². The van der Waals surface area contributed by atoms with Gasteiger partial charge in [0.2, 0.25) is 0 Å². The first-order valence-corrected chi connectivity index (χ1v) is 8.93. The largest absolute Gasteiger partial charge is 0.479 e. The van der Waals surface area contributed by atoms with Gasteiger partial charge in [0.15, 0.2) is 12.7 Å². The second-order valence-electron chi connectivity index (χ2n) is 7.38. The van der Waals surface area contributed by atoms with Crippen molar-refractivity contribution in [1.29, 1.82) is 5.26 Å². The van der Waals surface area contributed by atoms with Crippen molar-refractivity contribution in [3.05, 3.63) is 59.7 Å². The molecule has 0 aromatic heterocycles. The van der Waals surface area contributed by atoms with Crippen LogP contribution >= 0.6 is 0 Å². The minimum absolute atomic E-state index is 0.0331. The van der Waals surface area contributed by atoms with E-state index in [1.165, 1.54) is 0 Å². The van der Waals surface area contributed by atoms with Crippen LogP contribution in [0.5, 0.6) is 5.75 Å². The summed E-state index contributed by atoms with van der Waals surface area (Å²) >= 11 is 0. The van der Waals surface area contributed by atoms with E-state index in [9.17, 15) is 9.59 Å². The zero-order valence-electron chi connectivity index (χ0n) is 16.5. The second kappa shape index (κ2) is 9.05. The molecule has 6 heteroatoms. The van der Waals surface area contributed by atoms with Crippen molar-refractivity contribution in [2.75, 3.05) is 11.9 Å².